The molecule has 1 atom stereocenters. The van der Waals surface area contributed by atoms with Gasteiger partial charge in [0.05, 0.1) is 18.0 Å². The lowest BCUT2D eigenvalue weighted by molar-refractivity contribution is 0.0140. The lowest BCUT2D eigenvalue weighted by atomic mass is 9.98. The predicted molar refractivity (Wildman–Crippen MR) is 127 cm³/mol. The first-order valence-electron chi connectivity index (χ1n) is 10.7. The topological polar surface area (TPSA) is 59.8 Å². The number of nitrogens with zero attached hydrogens (tertiary/aromatic N) is 1. The average molecular weight is 430 g/mol. The molecule has 0 spiro atoms. The van der Waals surface area contributed by atoms with Crippen molar-refractivity contribution in [2.75, 3.05) is 0 Å². The molecule has 0 N–H and O–H groups in total. The van der Waals surface area contributed by atoms with E-state index < -0.39 is 11.7 Å². The fourth-order valence-corrected chi connectivity index (χ4v) is 3.86. The van der Waals surface area contributed by atoms with Gasteiger partial charge in [-0.15, -0.1) is 0 Å². The van der Waals surface area contributed by atoms with Gasteiger partial charge in [-0.05, 0) is 56.2 Å². The Kier molecular flexibility index (Phi) is 5.74. The molecule has 1 heterocycles. The molecule has 4 rings (SSSR count). The van der Waals surface area contributed by atoms with Crippen LogP contribution in [-0.2, 0) is 11.3 Å². The Labute approximate surface area is 187 Å². The van der Waals surface area contributed by atoms with Crippen LogP contribution in [0.4, 0.5) is 4.79 Å². The molecule has 32 heavy (non-hydrogen) atoms. The number of carbonyl (C=O) groups excluding carboxylic acids is 1. The largest absolute Gasteiger partial charge is 0.459 e. The Balaban J connectivity index is 1.77. The van der Waals surface area contributed by atoms with E-state index in [1.807, 2.05) is 76.2 Å². The van der Waals surface area contributed by atoms with E-state index in [4.69, 9.17) is 9.15 Å². The van der Waals surface area contributed by atoms with Crippen molar-refractivity contribution < 1.29 is 13.9 Å². The van der Waals surface area contributed by atoms with Crippen LogP contribution in [0, 0.1) is 0 Å². The predicted octanol–water partition coefficient (Wildman–Crippen LogP) is 6.44. The zero-order chi connectivity index (χ0) is 22.9. The van der Waals surface area contributed by atoms with Crippen LogP contribution in [-0.4, -0.2) is 16.6 Å². The van der Waals surface area contributed by atoms with Gasteiger partial charge in [-0.2, -0.15) is 0 Å². The van der Waals surface area contributed by atoms with E-state index in [-0.39, 0.29) is 18.0 Å². The third kappa shape index (κ3) is 4.52. The highest BCUT2D eigenvalue weighted by Crippen LogP contribution is 2.30. The Hall–Kier alpha value is -3.60. The summed E-state index contributed by atoms with van der Waals surface area (Å²) in [6.45, 7) is 7.58. The maximum Gasteiger partial charge on any atom is 0.411 e. The molecule has 0 radical (unpaired) electrons. The van der Waals surface area contributed by atoms with Crippen LogP contribution in [0.3, 0.4) is 0 Å². The fraction of sp³-hybridized carbons (Fsp3) is 0.259. The molecule has 5 heteroatoms. The van der Waals surface area contributed by atoms with E-state index in [0.29, 0.717) is 16.7 Å². The van der Waals surface area contributed by atoms with Gasteiger partial charge in [0, 0.05) is 6.07 Å². The molecule has 0 saturated carbocycles. The van der Waals surface area contributed by atoms with Gasteiger partial charge in [-0.3, -0.25) is 9.69 Å². The summed E-state index contributed by atoms with van der Waals surface area (Å²) in [4.78, 5) is 27.5. The number of fused-ring (bicyclic) bond motifs is 2. The first-order valence-corrected chi connectivity index (χ1v) is 10.7. The molecule has 0 aliphatic carbocycles. The highest BCUT2D eigenvalue weighted by atomic mass is 16.6. The normalized spacial score (nSPS) is 12.6. The Bertz CT molecular complexity index is 1330. The molecule has 0 fully saturated rings. The van der Waals surface area contributed by atoms with Gasteiger partial charge in [0.25, 0.3) is 0 Å². The zero-order valence-electron chi connectivity index (χ0n) is 18.8. The minimum atomic E-state index is -0.655. The van der Waals surface area contributed by atoms with Gasteiger partial charge in [0.1, 0.15) is 16.9 Å². The van der Waals surface area contributed by atoms with Crippen molar-refractivity contribution in [3.8, 4) is 0 Å². The Morgan fingerprint density at radius 3 is 2.38 bits per heavy atom. The number of para-hydroxylation sites is 1. The second kappa shape index (κ2) is 8.50. The first-order chi connectivity index (χ1) is 15.2. The van der Waals surface area contributed by atoms with E-state index in [0.717, 1.165) is 16.3 Å². The van der Waals surface area contributed by atoms with Crippen molar-refractivity contribution in [3.63, 3.8) is 0 Å². The number of ether oxygens (including phenoxy) is 1. The van der Waals surface area contributed by atoms with Gasteiger partial charge in [-0.1, -0.05) is 54.6 Å². The second-order valence-corrected chi connectivity index (χ2v) is 8.93. The number of amides is 1. The van der Waals surface area contributed by atoms with E-state index >= 15 is 0 Å². The molecule has 0 saturated heterocycles. The van der Waals surface area contributed by atoms with Crippen molar-refractivity contribution in [2.24, 2.45) is 0 Å². The molecule has 3 aromatic carbocycles. The Morgan fingerprint density at radius 2 is 1.62 bits per heavy atom. The van der Waals surface area contributed by atoms with Crippen LogP contribution in [0.25, 0.3) is 21.7 Å². The van der Waals surface area contributed by atoms with Crippen LogP contribution in [0.1, 0.15) is 45.1 Å². The number of hydrogen-bond acceptors (Lipinski definition) is 4. The van der Waals surface area contributed by atoms with E-state index in [2.05, 4.69) is 0 Å². The molecule has 0 aliphatic heterocycles. The highest BCUT2D eigenvalue weighted by molar-refractivity contribution is 5.86. The van der Waals surface area contributed by atoms with Crippen molar-refractivity contribution in [1.82, 2.24) is 4.90 Å². The van der Waals surface area contributed by atoms with Crippen molar-refractivity contribution in [3.05, 3.63) is 94.3 Å². The third-order valence-corrected chi connectivity index (χ3v) is 5.38. The maximum absolute atomic E-state index is 13.2. The summed E-state index contributed by atoms with van der Waals surface area (Å²) in [5.74, 6) is 0.409. The van der Waals surface area contributed by atoms with Crippen molar-refractivity contribution in [2.45, 2.75) is 45.9 Å². The molecule has 1 aromatic heterocycles. The zero-order valence-corrected chi connectivity index (χ0v) is 18.8. The highest BCUT2D eigenvalue weighted by Gasteiger charge is 2.29. The summed E-state index contributed by atoms with van der Waals surface area (Å²) < 4.78 is 11.7. The van der Waals surface area contributed by atoms with E-state index in [9.17, 15) is 9.59 Å². The molecule has 4 aromatic rings. The minimum absolute atomic E-state index is 0.110. The van der Waals surface area contributed by atoms with Crippen LogP contribution in [0.15, 0.2) is 82.0 Å². The summed E-state index contributed by atoms with van der Waals surface area (Å²) in [7, 11) is 0. The molecule has 0 aliphatic rings. The van der Waals surface area contributed by atoms with Crippen LogP contribution < -0.4 is 5.43 Å². The summed E-state index contributed by atoms with van der Waals surface area (Å²) in [5, 5.41) is 2.68. The quantitative estimate of drug-likeness (QED) is 0.374. The Morgan fingerprint density at radius 1 is 0.969 bits per heavy atom. The SMILES string of the molecule is C[C@H](c1cccc2ccccc12)N(Cc1cc(=O)c2ccccc2o1)C(=O)OC(C)(C)C. The summed E-state index contributed by atoms with van der Waals surface area (Å²) in [6.07, 6.45) is -0.464. The summed E-state index contributed by atoms with van der Waals surface area (Å²) >= 11 is 0. The monoisotopic (exact) mass is 429 g/mol. The minimum Gasteiger partial charge on any atom is -0.459 e. The molecular formula is C27H27NO4. The standard InChI is InChI=1S/C27H27NO4/c1-18(21-14-9-11-19-10-5-6-12-22(19)21)28(26(30)32-27(2,3)4)17-20-16-24(29)23-13-7-8-15-25(23)31-20/h5-16,18H,17H2,1-4H3/t18-/m1/s1. The number of hydrogen-bond donors (Lipinski definition) is 0. The molecule has 1 amide bonds. The molecular weight excluding hydrogens is 402 g/mol. The smallest absolute Gasteiger partial charge is 0.411 e. The van der Waals surface area contributed by atoms with Crippen LogP contribution in [0.5, 0.6) is 0 Å². The van der Waals surface area contributed by atoms with Crippen LogP contribution >= 0.6 is 0 Å². The molecule has 5 nitrogen and oxygen atoms in total. The van der Waals surface area contributed by atoms with Gasteiger partial charge in [-0.25, -0.2) is 4.79 Å². The molecule has 0 bridgehead atoms. The van der Waals surface area contributed by atoms with E-state index in [1.54, 1.807) is 23.1 Å². The molecule has 164 valence electrons. The lowest BCUT2D eigenvalue weighted by Crippen LogP contribution is -2.38. The first kappa shape index (κ1) is 21.6. The fourth-order valence-electron chi connectivity index (χ4n) is 3.86. The summed E-state index contributed by atoms with van der Waals surface area (Å²) in [5.41, 5.74) is 0.704. The lowest BCUT2D eigenvalue weighted by Gasteiger charge is -2.32. The van der Waals surface area contributed by atoms with Crippen LogP contribution in [0.2, 0.25) is 0 Å². The van der Waals surface area contributed by atoms with Crippen molar-refractivity contribution in [1.29, 1.82) is 0 Å². The van der Waals surface area contributed by atoms with Gasteiger partial charge in [0.15, 0.2) is 5.43 Å². The maximum atomic E-state index is 13.2. The number of carbonyl (C=O) groups is 1. The third-order valence-electron chi connectivity index (χ3n) is 5.38. The van der Waals surface area contributed by atoms with E-state index in [1.165, 1.54) is 6.07 Å². The molecule has 0 unspecified atom stereocenters. The average Bonchev–Trinajstić information content (AvgIpc) is 2.75. The summed E-state index contributed by atoms with van der Waals surface area (Å²) in [6, 6.07) is 22.4. The second-order valence-electron chi connectivity index (χ2n) is 8.93. The van der Waals surface area contributed by atoms with Crippen molar-refractivity contribution >= 4 is 27.8 Å². The van der Waals surface area contributed by atoms with Gasteiger partial charge >= 0.3 is 6.09 Å². The number of benzene rings is 3. The van der Waals surface area contributed by atoms with Gasteiger partial charge < -0.3 is 9.15 Å². The number of rotatable bonds is 4. The van der Waals surface area contributed by atoms with Gasteiger partial charge in [0.2, 0.25) is 0 Å².